The number of fused-ring (bicyclic) bond motifs is 1. The maximum Gasteiger partial charge on any atom is 0.288 e. The lowest BCUT2D eigenvalue weighted by atomic mass is 9.98. The summed E-state index contributed by atoms with van der Waals surface area (Å²) in [6.45, 7) is 2.42. The van der Waals surface area contributed by atoms with Crippen LogP contribution < -0.4 is 20.6 Å². The van der Waals surface area contributed by atoms with E-state index in [1.807, 2.05) is 6.92 Å². The molecule has 0 unspecified atom stereocenters. The van der Waals surface area contributed by atoms with Crippen molar-refractivity contribution in [1.82, 2.24) is 15.4 Å². The summed E-state index contributed by atoms with van der Waals surface area (Å²) in [5.74, 6) is -0.994. The van der Waals surface area contributed by atoms with E-state index in [0.29, 0.717) is 22.2 Å². The Bertz CT molecular complexity index is 1030. The third-order valence-electron chi connectivity index (χ3n) is 4.06. The first-order valence-electron chi connectivity index (χ1n) is 8.27. The Hall–Kier alpha value is -3.49. The van der Waals surface area contributed by atoms with Gasteiger partial charge in [-0.15, -0.1) is 0 Å². The fraction of sp³-hybridized carbons (Fsp3) is 0.222. The highest BCUT2D eigenvalue weighted by Crippen LogP contribution is 2.37. The molecule has 0 fully saturated rings. The standard InChI is InChI=1S/C18H18FN5O3/c1-3-7-21-17(25)16-15(20)10-4-5-13(19)14(12(10)9-22-16)11-6-8-24(26)23-18(11)27-2/h4-6,8-9H,3,7,20H2,1-2H3,(H,21,25). The Morgan fingerprint density at radius 2 is 2.15 bits per heavy atom. The molecule has 0 aliphatic rings. The Morgan fingerprint density at radius 3 is 2.85 bits per heavy atom. The van der Waals surface area contributed by atoms with Gasteiger partial charge >= 0.3 is 0 Å². The molecule has 0 spiro atoms. The van der Waals surface area contributed by atoms with Crippen molar-refractivity contribution in [2.45, 2.75) is 13.3 Å². The average Bonchev–Trinajstić information content (AvgIpc) is 2.66. The predicted molar refractivity (Wildman–Crippen MR) is 97.5 cm³/mol. The highest BCUT2D eigenvalue weighted by molar-refractivity contribution is 6.09. The number of hydrogen-bond acceptors (Lipinski definition) is 6. The average molecular weight is 371 g/mol. The Labute approximate surface area is 154 Å². The normalized spacial score (nSPS) is 10.8. The van der Waals surface area contributed by atoms with Crippen molar-refractivity contribution in [3.8, 4) is 17.0 Å². The molecular weight excluding hydrogens is 353 g/mol. The van der Waals surface area contributed by atoms with Crippen LogP contribution in [0.5, 0.6) is 5.88 Å². The van der Waals surface area contributed by atoms with Crippen LogP contribution in [0.3, 0.4) is 0 Å². The molecule has 8 nitrogen and oxygen atoms in total. The second-order valence-corrected chi connectivity index (χ2v) is 5.80. The Morgan fingerprint density at radius 1 is 1.37 bits per heavy atom. The summed E-state index contributed by atoms with van der Waals surface area (Å²) in [4.78, 5) is 16.7. The molecule has 0 bridgehead atoms. The van der Waals surface area contributed by atoms with Crippen LogP contribution in [-0.2, 0) is 0 Å². The van der Waals surface area contributed by atoms with E-state index < -0.39 is 11.7 Å². The number of nitrogen functional groups attached to an aromatic ring is 1. The van der Waals surface area contributed by atoms with E-state index in [4.69, 9.17) is 10.5 Å². The third-order valence-corrected chi connectivity index (χ3v) is 4.06. The molecule has 3 aromatic rings. The van der Waals surface area contributed by atoms with Crippen molar-refractivity contribution in [2.24, 2.45) is 0 Å². The number of nitrogens with zero attached hydrogens (tertiary/aromatic N) is 3. The van der Waals surface area contributed by atoms with Crippen LogP contribution in [0.25, 0.3) is 21.9 Å². The molecular formula is C18H18FN5O3. The first-order valence-corrected chi connectivity index (χ1v) is 8.27. The Kier molecular flexibility index (Phi) is 5.02. The van der Waals surface area contributed by atoms with Crippen LogP contribution in [0.2, 0.25) is 0 Å². The van der Waals surface area contributed by atoms with Gasteiger partial charge in [-0.1, -0.05) is 11.8 Å². The van der Waals surface area contributed by atoms with Gasteiger partial charge < -0.3 is 21.0 Å². The number of carbonyl (C=O) groups excluding carboxylic acids is 1. The monoisotopic (exact) mass is 371 g/mol. The van der Waals surface area contributed by atoms with Gasteiger partial charge in [-0.25, -0.2) is 9.37 Å². The van der Waals surface area contributed by atoms with Crippen molar-refractivity contribution < 1.29 is 18.8 Å². The highest BCUT2D eigenvalue weighted by Gasteiger charge is 2.21. The summed E-state index contributed by atoms with van der Waals surface area (Å²) in [6.07, 6.45) is 3.29. The van der Waals surface area contributed by atoms with Crippen LogP contribution >= 0.6 is 0 Å². The minimum atomic E-state index is -0.560. The summed E-state index contributed by atoms with van der Waals surface area (Å²) in [7, 11) is 1.33. The first-order chi connectivity index (χ1) is 13.0. The molecule has 3 rings (SSSR count). The number of nitrogens with one attached hydrogen (secondary N) is 1. The van der Waals surface area contributed by atoms with Gasteiger partial charge in [-0.05, 0) is 18.6 Å². The fourth-order valence-corrected chi connectivity index (χ4v) is 2.79. The zero-order valence-electron chi connectivity index (χ0n) is 14.8. The number of pyridine rings is 1. The number of amides is 1. The molecule has 0 saturated carbocycles. The molecule has 0 radical (unpaired) electrons. The number of carbonyl (C=O) groups is 1. The molecule has 0 aliphatic heterocycles. The zero-order valence-corrected chi connectivity index (χ0v) is 14.8. The van der Waals surface area contributed by atoms with Gasteiger partial charge in [0.1, 0.15) is 5.82 Å². The molecule has 27 heavy (non-hydrogen) atoms. The number of methoxy groups -OCH3 is 1. The number of hydrogen-bond donors (Lipinski definition) is 2. The van der Waals surface area contributed by atoms with Crippen molar-refractivity contribution in [3.05, 3.63) is 47.3 Å². The summed E-state index contributed by atoms with van der Waals surface area (Å²) in [6, 6.07) is 4.12. The molecule has 0 atom stereocenters. The molecule has 0 saturated heterocycles. The van der Waals surface area contributed by atoms with E-state index in [1.165, 1.54) is 31.5 Å². The molecule has 9 heteroatoms. The minimum Gasteiger partial charge on any atom is -0.594 e. The van der Waals surface area contributed by atoms with E-state index in [2.05, 4.69) is 15.4 Å². The summed E-state index contributed by atoms with van der Waals surface area (Å²) >= 11 is 0. The highest BCUT2D eigenvalue weighted by atomic mass is 19.1. The third kappa shape index (κ3) is 3.31. The summed E-state index contributed by atoms with van der Waals surface area (Å²) in [5.41, 5.74) is 6.76. The SMILES string of the molecule is CCCNC(=O)c1ncc2c(-c3cc[n+]([O-])nc3OC)c(F)ccc2c1N. The van der Waals surface area contributed by atoms with Crippen LogP contribution in [0.15, 0.2) is 30.6 Å². The van der Waals surface area contributed by atoms with E-state index >= 15 is 0 Å². The van der Waals surface area contributed by atoms with E-state index in [-0.39, 0.29) is 28.4 Å². The summed E-state index contributed by atoms with van der Waals surface area (Å²) in [5, 5.41) is 18.6. The number of aromatic nitrogens is 3. The van der Waals surface area contributed by atoms with Gasteiger partial charge in [0.2, 0.25) is 6.20 Å². The number of ether oxygens (including phenoxy) is 1. The largest absolute Gasteiger partial charge is 0.594 e. The van der Waals surface area contributed by atoms with Crippen molar-refractivity contribution in [2.75, 3.05) is 19.4 Å². The fourth-order valence-electron chi connectivity index (χ4n) is 2.79. The Balaban J connectivity index is 2.22. The van der Waals surface area contributed by atoms with Crippen molar-refractivity contribution in [1.29, 1.82) is 0 Å². The van der Waals surface area contributed by atoms with Crippen LogP contribution in [0, 0.1) is 11.0 Å². The lowest BCUT2D eigenvalue weighted by Gasteiger charge is -2.13. The number of benzene rings is 1. The van der Waals surface area contributed by atoms with E-state index in [1.54, 1.807) is 0 Å². The van der Waals surface area contributed by atoms with Gasteiger partial charge in [0.15, 0.2) is 5.69 Å². The predicted octanol–water partition coefficient (Wildman–Crippen LogP) is 1.80. The van der Waals surface area contributed by atoms with Gasteiger partial charge in [-0.3, -0.25) is 4.79 Å². The smallest absolute Gasteiger partial charge is 0.288 e. The summed E-state index contributed by atoms with van der Waals surface area (Å²) < 4.78 is 19.8. The number of halogens is 1. The molecule has 140 valence electrons. The van der Waals surface area contributed by atoms with Crippen LogP contribution in [0.4, 0.5) is 10.1 Å². The number of nitrogens with two attached hydrogens (primary N) is 1. The molecule has 3 N–H and O–H groups in total. The first kappa shape index (κ1) is 18.3. The second kappa shape index (κ2) is 7.40. The van der Waals surface area contributed by atoms with Gasteiger partial charge in [0.05, 0.1) is 23.5 Å². The number of rotatable bonds is 5. The molecule has 0 aliphatic carbocycles. The quantitative estimate of drug-likeness (QED) is 0.522. The maximum atomic E-state index is 14.7. The minimum absolute atomic E-state index is 0.0396. The van der Waals surface area contributed by atoms with Gasteiger partial charge in [0, 0.05) is 35.1 Å². The molecule has 2 aromatic heterocycles. The molecule has 1 amide bonds. The topological polar surface area (TPSA) is 117 Å². The maximum absolute atomic E-state index is 14.7. The van der Waals surface area contributed by atoms with E-state index in [9.17, 15) is 14.4 Å². The van der Waals surface area contributed by atoms with Crippen LogP contribution in [-0.4, -0.2) is 29.6 Å². The molecule has 2 heterocycles. The van der Waals surface area contributed by atoms with Crippen LogP contribution in [0.1, 0.15) is 23.8 Å². The van der Waals surface area contributed by atoms with Crippen molar-refractivity contribution in [3.63, 3.8) is 0 Å². The van der Waals surface area contributed by atoms with E-state index in [0.717, 1.165) is 12.6 Å². The lowest BCUT2D eigenvalue weighted by molar-refractivity contribution is -0.669. The number of anilines is 1. The van der Waals surface area contributed by atoms with Gasteiger partial charge in [0.25, 0.3) is 11.8 Å². The second-order valence-electron chi connectivity index (χ2n) is 5.80. The zero-order chi connectivity index (χ0) is 19.6. The lowest BCUT2D eigenvalue weighted by Crippen LogP contribution is -2.30. The van der Waals surface area contributed by atoms with Gasteiger partial charge in [-0.2, -0.15) is 0 Å². The molecule has 1 aromatic carbocycles. The van der Waals surface area contributed by atoms with Crippen molar-refractivity contribution >= 4 is 22.4 Å².